The van der Waals surface area contributed by atoms with Crippen LogP contribution in [0.1, 0.15) is 5.56 Å². The molecule has 2 rings (SSSR count). The first kappa shape index (κ1) is 14.4. The predicted octanol–water partition coefficient (Wildman–Crippen LogP) is 4.66. The van der Waals surface area contributed by atoms with Gasteiger partial charge in [0.1, 0.15) is 11.5 Å². The molecule has 0 aliphatic carbocycles. The van der Waals surface area contributed by atoms with E-state index < -0.39 is 10.8 Å². The summed E-state index contributed by atoms with van der Waals surface area (Å²) >= 11 is 11.8. The van der Waals surface area contributed by atoms with E-state index in [1.165, 1.54) is 0 Å². The van der Waals surface area contributed by atoms with Gasteiger partial charge in [0.25, 0.3) is 0 Å². The molecular weight excluding hydrogens is 303 g/mol. The maximum atomic E-state index is 11.1. The summed E-state index contributed by atoms with van der Waals surface area (Å²) in [6.07, 6.45) is 1.68. The molecular formula is C14H12Cl2O2S. The van der Waals surface area contributed by atoms with Gasteiger partial charge < -0.3 is 4.74 Å². The Morgan fingerprint density at radius 1 is 1.00 bits per heavy atom. The van der Waals surface area contributed by atoms with Gasteiger partial charge in [0.15, 0.2) is 0 Å². The largest absolute Gasteiger partial charge is 0.457 e. The Morgan fingerprint density at radius 3 is 2.21 bits per heavy atom. The summed E-state index contributed by atoms with van der Waals surface area (Å²) < 4.78 is 16.8. The molecule has 0 amide bonds. The highest BCUT2D eigenvalue weighted by molar-refractivity contribution is 7.83. The van der Waals surface area contributed by atoms with Gasteiger partial charge in [0.2, 0.25) is 0 Å². The van der Waals surface area contributed by atoms with Crippen LogP contribution in [0.15, 0.2) is 42.5 Å². The highest BCUT2D eigenvalue weighted by Crippen LogP contribution is 2.29. The third-order valence-corrected chi connectivity index (χ3v) is 3.90. The third kappa shape index (κ3) is 4.23. The third-order valence-electron chi connectivity index (χ3n) is 2.42. The lowest BCUT2D eigenvalue weighted by Gasteiger charge is -2.07. The zero-order chi connectivity index (χ0) is 13.8. The van der Waals surface area contributed by atoms with Gasteiger partial charge in [0.05, 0.1) is 10.0 Å². The van der Waals surface area contributed by atoms with Crippen molar-refractivity contribution in [1.82, 2.24) is 0 Å². The quantitative estimate of drug-likeness (QED) is 0.820. The highest BCUT2D eigenvalue weighted by atomic mass is 35.5. The normalized spacial score (nSPS) is 12.2. The average molecular weight is 315 g/mol. The van der Waals surface area contributed by atoms with E-state index in [0.29, 0.717) is 27.3 Å². The van der Waals surface area contributed by atoms with Gasteiger partial charge in [-0.3, -0.25) is 4.21 Å². The van der Waals surface area contributed by atoms with Gasteiger partial charge >= 0.3 is 0 Å². The van der Waals surface area contributed by atoms with Crippen LogP contribution < -0.4 is 4.74 Å². The summed E-state index contributed by atoms with van der Waals surface area (Å²) in [5, 5.41) is 0.951. The minimum Gasteiger partial charge on any atom is -0.457 e. The van der Waals surface area contributed by atoms with Crippen LogP contribution in [0.4, 0.5) is 0 Å². The van der Waals surface area contributed by atoms with Crippen LogP contribution in [0.25, 0.3) is 0 Å². The molecule has 0 fully saturated rings. The standard InChI is InChI=1S/C14H12Cl2O2S/c1-19(17)9-10-2-4-11(5-3-10)18-12-6-7-13(15)14(16)8-12/h2-8H,9H2,1H3/t19-/m0/s1. The summed E-state index contributed by atoms with van der Waals surface area (Å²) in [5.41, 5.74) is 1.02. The molecule has 1 atom stereocenters. The van der Waals surface area contributed by atoms with Gasteiger partial charge in [-0.15, -0.1) is 0 Å². The second-order valence-corrected chi connectivity index (χ2v) is 6.29. The van der Waals surface area contributed by atoms with E-state index in [9.17, 15) is 4.21 Å². The van der Waals surface area contributed by atoms with Crippen LogP contribution in [0, 0.1) is 0 Å². The van der Waals surface area contributed by atoms with Crippen molar-refractivity contribution in [2.24, 2.45) is 0 Å². The van der Waals surface area contributed by atoms with Crippen molar-refractivity contribution in [2.75, 3.05) is 6.26 Å². The number of benzene rings is 2. The van der Waals surface area contributed by atoms with Gasteiger partial charge in [-0.25, -0.2) is 0 Å². The number of halogens is 2. The first-order chi connectivity index (χ1) is 9.04. The summed E-state index contributed by atoms with van der Waals surface area (Å²) in [5.74, 6) is 1.87. The summed E-state index contributed by atoms with van der Waals surface area (Å²) in [4.78, 5) is 0. The lowest BCUT2D eigenvalue weighted by Crippen LogP contribution is -1.92. The fourth-order valence-electron chi connectivity index (χ4n) is 1.56. The summed E-state index contributed by atoms with van der Waals surface area (Å²) in [7, 11) is -0.840. The zero-order valence-electron chi connectivity index (χ0n) is 10.2. The van der Waals surface area contributed by atoms with Crippen molar-refractivity contribution in [3.05, 3.63) is 58.1 Å². The van der Waals surface area contributed by atoms with Crippen molar-refractivity contribution in [2.45, 2.75) is 5.75 Å². The molecule has 2 aromatic rings. The number of ether oxygens (including phenoxy) is 1. The van der Waals surface area contributed by atoms with Crippen molar-refractivity contribution in [3.63, 3.8) is 0 Å². The average Bonchev–Trinajstić information content (AvgIpc) is 2.36. The monoisotopic (exact) mass is 314 g/mol. The molecule has 0 aromatic heterocycles. The van der Waals surface area contributed by atoms with Gasteiger partial charge in [-0.2, -0.15) is 0 Å². The van der Waals surface area contributed by atoms with Crippen LogP contribution in [0.2, 0.25) is 10.0 Å². The molecule has 0 saturated heterocycles. The van der Waals surface area contributed by atoms with Crippen LogP contribution in [0.3, 0.4) is 0 Å². The van der Waals surface area contributed by atoms with Crippen LogP contribution in [0.5, 0.6) is 11.5 Å². The molecule has 0 aliphatic rings. The number of rotatable bonds is 4. The van der Waals surface area contributed by atoms with Gasteiger partial charge in [-0.05, 0) is 29.8 Å². The topological polar surface area (TPSA) is 26.3 Å². The Bertz CT molecular complexity index is 597. The molecule has 0 N–H and O–H groups in total. The van der Waals surface area contributed by atoms with Gasteiger partial charge in [-0.1, -0.05) is 35.3 Å². The van der Waals surface area contributed by atoms with Crippen molar-refractivity contribution >= 4 is 34.0 Å². The predicted molar refractivity (Wildman–Crippen MR) is 80.7 cm³/mol. The second-order valence-electron chi connectivity index (χ2n) is 4.04. The lowest BCUT2D eigenvalue weighted by molar-refractivity contribution is 0.482. The van der Waals surface area contributed by atoms with E-state index in [0.717, 1.165) is 5.56 Å². The first-order valence-corrected chi connectivity index (χ1v) is 8.05. The highest BCUT2D eigenvalue weighted by Gasteiger charge is 2.02. The molecule has 100 valence electrons. The summed E-state index contributed by atoms with van der Waals surface area (Å²) in [6, 6.07) is 12.6. The van der Waals surface area contributed by atoms with Crippen molar-refractivity contribution in [1.29, 1.82) is 0 Å². The Kier molecular flexibility index (Phi) is 4.86. The fourth-order valence-corrected chi connectivity index (χ4v) is 2.51. The zero-order valence-corrected chi connectivity index (χ0v) is 12.6. The van der Waals surface area contributed by atoms with E-state index in [1.807, 2.05) is 24.3 Å². The molecule has 0 aliphatic heterocycles. The molecule has 0 bridgehead atoms. The van der Waals surface area contributed by atoms with E-state index in [2.05, 4.69) is 0 Å². The maximum absolute atomic E-state index is 11.1. The molecule has 0 saturated carbocycles. The molecule has 5 heteroatoms. The second kappa shape index (κ2) is 6.42. The Hall–Kier alpha value is -1.03. The van der Waals surface area contributed by atoms with E-state index in [-0.39, 0.29) is 0 Å². The van der Waals surface area contributed by atoms with Crippen molar-refractivity contribution in [3.8, 4) is 11.5 Å². The fraction of sp³-hybridized carbons (Fsp3) is 0.143. The summed E-state index contributed by atoms with van der Waals surface area (Å²) in [6.45, 7) is 0. The minimum atomic E-state index is -0.840. The van der Waals surface area contributed by atoms with Crippen LogP contribution in [-0.4, -0.2) is 10.5 Å². The Labute approximate surface area is 124 Å². The van der Waals surface area contributed by atoms with Crippen molar-refractivity contribution < 1.29 is 8.95 Å². The van der Waals surface area contributed by atoms with Crippen LogP contribution in [-0.2, 0) is 16.6 Å². The first-order valence-electron chi connectivity index (χ1n) is 5.56. The molecule has 0 spiro atoms. The molecule has 0 radical (unpaired) electrons. The van der Waals surface area contributed by atoms with E-state index in [4.69, 9.17) is 27.9 Å². The number of hydrogen-bond acceptors (Lipinski definition) is 2. The Balaban J connectivity index is 2.10. The minimum absolute atomic E-state index is 0.456. The molecule has 0 unspecified atom stereocenters. The maximum Gasteiger partial charge on any atom is 0.129 e. The molecule has 19 heavy (non-hydrogen) atoms. The molecule has 0 heterocycles. The lowest BCUT2D eigenvalue weighted by atomic mass is 10.2. The van der Waals surface area contributed by atoms with E-state index in [1.54, 1.807) is 24.5 Å². The van der Waals surface area contributed by atoms with Gasteiger partial charge in [0, 0.05) is 28.9 Å². The molecule has 2 nitrogen and oxygen atoms in total. The SMILES string of the molecule is C[S@](=O)Cc1ccc(Oc2ccc(Cl)c(Cl)c2)cc1. The van der Waals surface area contributed by atoms with E-state index >= 15 is 0 Å². The Morgan fingerprint density at radius 2 is 1.63 bits per heavy atom. The smallest absolute Gasteiger partial charge is 0.129 e. The number of hydrogen-bond donors (Lipinski definition) is 0. The molecule has 2 aromatic carbocycles. The van der Waals surface area contributed by atoms with Crippen LogP contribution >= 0.6 is 23.2 Å².